The van der Waals surface area contributed by atoms with Crippen LogP contribution in [0.1, 0.15) is 48.2 Å². The fraction of sp³-hybridized carbons (Fsp3) is 0.458. The van der Waals surface area contributed by atoms with Crippen molar-refractivity contribution in [3.63, 3.8) is 0 Å². The molecule has 0 aromatic carbocycles. The van der Waals surface area contributed by atoms with Crippen LogP contribution in [-0.2, 0) is 0 Å². The summed E-state index contributed by atoms with van der Waals surface area (Å²) in [5, 5.41) is 7.59. The molecule has 2 atom stereocenters. The summed E-state index contributed by atoms with van der Waals surface area (Å²) < 4.78 is 1.62. The maximum atomic E-state index is 13.0. The maximum Gasteiger partial charge on any atom is 0.254 e. The number of pyridine rings is 1. The summed E-state index contributed by atoms with van der Waals surface area (Å²) in [6, 6.07) is 6.28. The Labute approximate surface area is 188 Å². The topological polar surface area (TPSA) is 88.8 Å². The van der Waals surface area contributed by atoms with Gasteiger partial charge in [0.2, 0.25) is 0 Å². The molecule has 0 spiro atoms. The lowest BCUT2D eigenvalue weighted by Crippen LogP contribution is -2.51. The number of aromatic nitrogens is 5. The van der Waals surface area contributed by atoms with Gasteiger partial charge in [-0.1, -0.05) is 6.42 Å². The largest absolute Gasteiger partial charge is 0.352 e. The first kappa shape index (κ1) is 20.8. The van der Waals surface area contributed by atoms with Crippen molar-refractivity contribution >= 4 is 5.91 Å². The molecule has 2 aliphatic heterocycles. The van der Waals surface area contributed by atoms with Crippen LogP contribution in [-0.4, -0.2) is 61.2 Å². The second-order valence-electron chi connectivity index (χ2n) is 8.75. The van der Waals surface area contributed by atoms with Crippen LogP contribution in [0.2, 0.25) is 0 Å². The van der Waals surface area contributed by atoms with Crippen LogP contribution in [0.15, 0.2) is 43.0 Å². The fourth-order valence-corrected chi connectivity index (χ4v) is 5.09. The van der Waals surface area contributed by atoms with Gasteiger partial charge in [0.25, 0.3) is 11.9 Å². The quantitative estimate of drug-likeness (QED) is 0.668. The molecular weight excluding hydrogens is 402 g/mol. The van der Waals surface area contributed by atoms with E-state index in [9.17, 15) is 4.79 Å². The van der Waals surface area contributed by atoms with Crippen LogP contribution in [0.5, 0.6) is 0 Å². The summed E-state index contributed by atoms with van der Waals surface area (Å²) in [6.45, 7) is 5.02. The monoisotopic (exact) mass is 431 g/mol. The Morgan fingerprint density at radius 2 is 2.03 bits per heavy atom. The molecule has 32 heavy (non-hydrogen) atoms. The highest BCUT2D eigenvalue weighted by atomic mass is 16.1. The molecule has 8 heteroatoms. The predicted octanol–water partition coefficient (Wildman–Crippen LogP) is 3.03. The SMILES string of the molecule is Cc1c(C(=O)NC[C@@H]2CCCN3CCCC[C@H]23)cnn1-c1nccc(-c2cccnc2)n1. The third-order valence-corrected chi connectivity index (χ3v) is 6.80. The first-order valence-corrected chi connectivity index (χ1v) is 11.5. The van der Waals surface area contributed by atoms with Crippen molar-refractivity contribution in [1.29, 1.82) is 0 Å². The number of nitrogens with zero attached hydrogens (tertiary/aromatic N) is 6. The second-order valence-corrected chi connectivity index (χ2v) is 8.75. The molecule has 0 radical (unpaired) electrons. The molecule has 3 aromatic heterocycles. The highest BCUT2D eigenvalue weighted by Gasteiger charge is 2.33. The Morgan fingerprint density at radius 3 is 2.91 bits per heavy atom. The summed E-state index contributed by atoms with van der Waals surface area (Å²) in [6.07, 6.45) is 13.1. The van der Waals surface area contributed by atoms with E-state index in [0.717, 1.165) is 23.5 Å². The van der Waals surface area contributed by atoms with Crippen LogP contribution in [0.4, 0.5) is 0 Å². The number of carbonyl (C=O) groups excluding carboxylic acids is 1. The maximum absolute atomic E-state index is 13.0. The molecule has 0 bridgehead atoms. The highest BCUT2D eigenvalue weighted by Crippen LogP contribution is 2.30. The highest BCUT2D eigenvalue weighted by molar-refractivity contribution is 5.95. The lowest BCUT2D eigenvalue weighted by molar-refractivity contribution is 0.0575. The minimum atomic E-state index is -0.0786. The zero-order valence-electron chi connectivity index (χ0n) is 18.4. The summed E-state index contributed by atoms with van der Waals surface area (Å²) in [7, 11) is 0. The van der Waals surface area contributed by atoms with Gasteiger partial charge in [-0.3, -0.25) is 9.78 Å². The van der Waals surface area contributed by atoms with Crippen LogP contribution < -0.4 is 5.32 Å². The fourth-order valence-electron chi connectivity index (χ4n) is 5.09. The lowest BCUT2D eigenvalue weighted by atomic mass is 9.83. The van der Waals surface area contributed by atoms with E-state index in [-0.39, 0.29) is 5.91 Å². The number of carbonyl (C=O) groups is 1. The van der Waals surface area contributed by atoms with Crippen LogP contribution in [0, 0.1) is 12.8 Å². The summed E-state index contributed by atoms with van der Waals surface area (Å²) in [5.41, 5.74) is 2.96. The van der Waals surface area contributed by atoms with Gasteiger partial charge in [-0.05, 0) is 69.8 Å². The van der Waals surface area contributed by atoms with Crippen molar-refractivity contribution in [3.05, 3.63) is 54.2 Å². The van der Waals surface area contributed by atoms with E-state index in [0.29, 0.717) is 23.5 Å². The number of fused-ring (bicyclic) bond motifs is 1. The molecule has 2 saturated heterocycles. The molecule has 5 rings (SSSR count). The summed E-state index contributed by atoms with van der Waals surface area (Å²) in [5.74, 6) is 0.890. The van der Waals surface area contributed by atoms with Crippen molar-refractivity contribution in [2.75, 3.05) is 19.6 Å². The zero-order valence-corrected chi connectivity index (χ0v) is 18.4. The van der Waals surface area contributed by atoms with Crippen molar-refractivity contribution in [3.8, 4) is 17.2 Å². The Hall–Kier alpha value is -3.13. The molecule has 1 amide bonds. The second kappa shape index (κ2) is 9.16. The zero-order chi connectivity index (χ0) is 21.9. The summed E-state index contributed by atoms with van der Waals surface area (Å²) >= 11 is 0. The lowest BCUT2D eigenvalue weighted by Gasteiger charge is -2.44. The molecule has 1 N–H and O–H groups in total. The minimum Gasteiger partial charge on any atom is -0.352 e. The van der Waals surface area contributed by atoms with Crippen molar-refractivity contribution in [2.45, 2.75) is 45.1 Å². The van der Waals surface area contributed by atoms with E-state index in [4.69, 9.17) is 0 Å². The van der Waals surface area contributed by atoms with Gasteiger partial charge < -0.3 is 10.2 Å². The smallest absolute Gasteiger partial charge is 0.254 e. The Bertz CT molecular complexity index is 1080. The third kappa shape index (κ3) is 4.14. The predicted molar refractivity (Wildman–Crippen MR) is 121 cm³/mol. The first-order valence-electron chi connectivity index (χ1n) is 11.5. The Kier molecular flexibility index (Phi) is 5.94. The van der Waals surface area contributed by atoms with E-state index in [1.54, 1.807) is 29.5 Å². The van der Waals surface area contributed by atoms with Gasteiger partial charge in [0.1, 0.15) is 0 Å². The normalized spacial score (nSPS) is 21.2. The average molecular weight is 432 g/mol. The molecule has 0 aliphatic carbocycles. The number of nitrogens with one attached hydrogen (secondary N) is 1. The molecule has 2 aliphatic rings. The number of hydrogen-bond acceptors (Lipinski definition) is 6. The minimum absolute atomic E-state index is 0.0786. The van der Waals surface area contributed by atoms with E-state index >= 15 is 0 Å². The van der Waals surface area contributed by atoms with E-state index < -0.39 is 0 Å². The van der Waals surface area contributed by atoms with Gasteiger partial charge in [-0.25, -0.2) is 14.6 Å². The standard InChI is InChI=1S/C24H29N7O/c1-17-20(23(32)27-15-19-7-5-13-30-12-3-2-8-22(19)30)16-28-31(17)24-26-11-9-21(29-24)18-6-4-10-25-14-18/h4,6,9-11,14,16,19,22H,2-3,5,7-8,12-13,15H2,1H3,(H,27,32)/t19-,22+/m0/s1. The molecule has 0 unspecified atom stereocenters. The molecular formula is C24H29N7O. The van der Waals surface area contributed by atoms with E-state index in [1.807, 2.05) is 25.1 Å². The third-order valence-electron chi connectivity index (χ3n) is 6.80. The molecule has 3 aromatic rings. The van der Waals surface area contributed by atoms with Crippen molar-refractivity contribution in [2.24, 2.45) is 5.92 Å². The van der Waals surface area contributed by atoms with Gasteiger partial charge in [0.05, 0.1) is 23.1 Å². The number of hydrogen-bond donors (Lipinski definition) is 1. The van der Waals surface area contributed by atoms with Gasteiger partial charge in [0, 0.05) is 36.7 Å². The van der Waals surface area contributed by atoms with Gasteiger partial charge in [-0.15, -0.1) is 0 Å². The Morgan fingerprint density at radius 1 is 1.12 bits per heavy atom. The van der Waals surface area contributed by atoms with Crippen LogP contribution in [0.25, 0.3) is 17.2 Å². The Balaban J connectivity index is 1.29. The van der Waals surface area contributed by atoms with Gasteiger partial charge >= 0.3 is 0 Å². The van der Waals surface area contributed by atoms with E-state index in [2.05, 4.69) is 30.3 Å². The number of piperidine rings is 2. The van der Waals surface area contributed by atoms with Crippen molar-refractivity contribution in [1.82, 2.24) is 34.9 Å². The van der Waals surface area contributed by atoms with Gasteiger partial charge in [-0.2, -0.15) is 5.10 Å². The molecule has 2 fully saturated rings. The molecule has 5 heterocycles. The molecule has 166 valence electrons. The number of amides is 1. The first-order chi connectivity index (χ1) is 15.7. The average Bonchev–Trinajstić information content (AvgIpc) is 3.24. The summed E-state index contributed by atoms with van der Waals surface area (Å²) in [4.78, 5) is 28.7. The molecule has 0 saturated carbocycles. The van der Waals surface area contributed by atoms with Crippen molar-refractivity contribution < 1.29 is 4.79 Å². The molecule has 8 nitrogen and oxygen atoms in total. The number of rotatable bonds is 5. The van der Waals surface area contributed by atoms with Crippen LogP contribution in [0.3, 0.4) is 0 Å². The van der Waals surface area contributed by atoms with Gasteiger partial charge in [0.15, 0.2) is 0 Å². The van der Waals surface area contributed by atoms with E-state index in [1.165, 1.54) is 45.2 Å². The van der Waals surface area contributed by atoms with Crippen LogP contribution >= 0.6 is 0 Å².